The molecule has 0 aromatic carbocycles. The molecule has 8 heteroatoms. The summed E-state index contributed by atoms with van der Waals surface area (Å²) >= 11 is 0. The van der Waals surface area contributed by atoms with Crippen molar-refractivity contribution in [1.29, 1.82) is 0 Å². The van der Waals surface area contributed by atoms with E-state index in [1.54, 1.807) is 0 Å². The molecule has 0 aromatic rings. The number of nitrogens with one attached hydrogen (secondary N) is 1. The third-order valence-corrected chi connectivity index (χ3v) is 5.13. The summed E-state index contributed by atoms with van der Waals surface area (Å²) in [5.74, 6) is -0.716. The first-order valence-electron chi connectivity index (χ1n) is 7.38. The van der Waals surface area contributed by atoms with Crippen LogP contribution in [0.15, 0.2) is 0 Å². The molecule has 124 valence electrons. The highest BCUT2D eigenvalue weighted by Crippen LogP contribution is 2.18. The van der Waals surface area contributed by atoms with Crippen LogP contribution < -0.4 is 4.72 Å². The lowest BCUT2D eigenvalue weighted by Crippen LogP contribution is -2.46. The monoisotopic (exact) mass is 322 g/mol. The average molecular weight is 322 g/mol. The minimum Gasteiger partial charge on any atom is -0.481 e. The average Bonchev–Trinajstić information content (AvgIpc) is 2.42. The van der Waals surface area contributed by atoms with Crippen LogP contribution in [0.2, 0.25) is 0 Å². The fourth-order valence-corrected chi connectivity index (χ4v) is 3.31. The van der Waals surface area contributed by atoms with Gasteiger partial charge in [-0.25, -0.2) is 0 Å². The summed E-state index contributed by atoms with van der Waals surface area (Å²) in [6, 6.07) is 0. The lowest BCUT2D eigenvalue weighted by atomic mass is 9.99. The predicted molar refractivity (Wildman–Crippen MR) is 79.1 cm³/mol. The van der Waals surface area contributed by atoms with Gasteiger partial charge >= 0.3 is 5.97 Å². The lowest BCUT2D eigenvalue weighted by molar-refractivity contribution is -0.142. The van der Waals surface area contributed by atoms with Crippen molar-refractivity contribution in [3.63, 3.8) is 0 Å². The van der Waals surface area contributed by atoms with Crippen LogP contribution in [0.5, 0.6) is 0 Å². The zero-order valence-electron chi connectivity index (χ0n) is 12.7. The van der Waals surface area contributed by atoms with Gasteiger partial charge in [-0.1, -0.05) is 13.8 Å². The summed E-state index contributed by atoms with van der Waals surface area (Å²) in [6.07, 6.45) is 1.68. The van der Waals surface area contributed by atoms with E-state index in [-0.39, 0.29) is 19.6 Å². The van der Waals surface area contributed by atoms with Crippen molar-refractivity contribution in [2.24, 2.45) is 11.8 Å². The van der Waals surface area contributed by atoms with Crippen LogP contribution in [0.3, 0.4) is 0 Å². The zero-order chi connectivity index (χ0) is 15.9. The topological polar surface area (TPSA) is 95.9 Å². The first-order chi connectivity index (χ1) is 9.83. The molecule has 0 saturated carbocycles. The maximum atomic E-state index is 12.0. The van der Waals surface area contributed by atoms with Crippen LogP contribution in [0.4, 0.5) is 0 Å². The van der Waals surface area contributed by atoms with Gasteiger partial charge in [-0.05, 0) is 25.2 Å². The fourth-order valence-electron chi connectivity index (χ4n) is 2.10. The number of hydrogen-bond acceptors (Lipinski definition) is 4. The van der Waals surface area contributed by atoms with Gasteiger partial charge < -0.3 is 9.84 Å². The van der Waals surface area contributed by atoms with Crippen LogP contribution >= 0.6 is 0 Å². The fraction of sp³-hybridized carbons (Fsp3) is 0.923. The van der Waals surface area contributed by atoms with Gasteiger partial charge in [0.25, 0.3) is 10.2 Å². The van der Waals surface area contributed by atoms with Crippen LogP contribution in [0.25, 0.3) is 0 Å². The second-order valence-electron chi connectivity index (χ2n) is 5.71. The van der Waals surface area contributed by atoms with E-state index < -0.39 is 22.1 Å². The van der Waals surface area contributed by atoms with Crippen LogP contribution in [-0.2, 0) is 19.7 Å². The van der Waals surface area contributed by atoms with Crippen molar-refractivity contribution >= 4 is 16.2 Å². The van der Waals surface area contributed by atoms with E-state index in [0.29, 0.717) is 32.0 Å². The van der Waals surface area contributed by atoms with Crippen LogP contribution in [0, 0.1) is 11.8 Å². The van der Waals surface area contributed by atoms with Gasteiger partial charge in [0.05, 0.1) is 12.5 Å². The lowest BCUT2D eigenvalue weighted by Gasteiger charge is -2.29. The summed E-state index contributed by atoms with van der Waals surface area (Å²) < 4.78 is 33.2. The summed E-state index contributed by atoms with van der Waals surface area (Å²) in [4.78, 5) is 10.8. The molecule has 0 aliphatic carbocycles. The van der Waals surface area contributed by atoms with Gasteiger partial charge in [0.2, 0.25) is 0 Å². The summed E-state index contributed by atoms with van der Waals surface area (Å²) in [5, 5.41) is 8.89. The van der Waals surface area contributed by atoms with E-state index in [4.69, 9.17) is 9.84 Å². The van der Waals surface area contributed by atoms with Crippen molar-refractivity contribution in [1.82, 2.24) is 9.03 Å². The Kier molecular flexibility index (Phi) is 7.58. The largest absolute Gasteiger partial charge is 0.481 e. The maximum absolute atomic E-state index is 12.0. The highest BCUT2D eigenvalue weighted by atomic mass is 32.2. The van der Waals surface area contributed by atoms with Gasteiger partial charge in [0.1, 0.15) is 0 Å². The number of carbonyl (C=O) groups is 1. The Morgan fingerprint density at radius 2 is 1.95 bits per heavy atom. The second-order valence-corrected chi connectivity index (χ2v) is 7.46. The quantitative estimate of drug-likeness (QED) is 0.609. The SMILES string of the molecule is CC(C)CCOCCNS(=O)(=O)N1CCC(C(=O)O)CC1. The number of piperidine rings is 1. The van der Waals surface area contributed by atoms with Crippen molar-refractivity contribution in [3.05, 3.63) is 0 Å². The minimum atomic E-state index is -3.53. The standard InChI is InChI=1S/C13H26N2O5S/c1-11(2)5-9-20-10-6-14-21(18,19)15-7-3-12(4-8-15)13(16)17/h11-12,14H,3-10H2,1-2H3,(H,16,17). The Labute approximate surface area is 126 Å². The van der Waals surface area contributed by atoms with E-state index in [0.717, 1.165) is 6.42 Å². The summed E-state index contributed by atoms with van der Waals surface area (Å²) in [7, 11) is -3.53. The van der Waals surface area contributed by atoms with E-state index in [2.05, 4.69) is 18.6 Å². The second kappa shape index (κ2) is 8.67. The Balaban J connectivity index is 2.23. The third-order valence-electron chi connectivity index (χ3n) is 3.51. The van der Waals surface area contributed by atoms with Crippen molar-refractivity contribution in [2.45, 2.75) is 33.1 Å². The molecule has 0 aromatic heterocycles. The molecule has 0 atom stereocenters. The number of carboxylic acid groups (broad SMARTS) is 1. The third kappa shape index (κ3) is 6.73. The van der Waals surface area contributed by atoms with E-state index in [1.807, 2.05) is 0 Å². The van der Waals surface area contributed by atoms with E-state index in [9.17, 15) is 13.2 Å². The van der Waals surface area contributed by atoms with Gasteiger partial charge in [0, 0.05) is 26.2 Å². The molecule has 0 radical (unpaired) electrons. The van der Waals surface area contributed by atoms with Crippen molar-refractivity contribution < 1.29 is 23.1 Å². The Hall–Kier alpha value is -0.700. The number of rotatable bonds is 9. The van der Waals surface area contributed by atoms with Crippen molar-refractivity contribution in [2.75, 3.05) is 32.8 Å². The maximum Gasteiger partial charge on any atom is 0.306 e. The minimum absolute atomic E-state index is 0.235. The van der Waals surface area contributed by atoms with E-state index >= 15 is 0 Å². The van der Waals surface area contributed by atoms with Crippen molar-refractivity contribution in [3.8, 4) is 0 Å². The molecule has 0 spiro atoms. The van der Waals surface area contributed by atoms with Gasteiger partial charge in [-0.3, -0.25) is 4.79 Å². The number of nitrogens with zero attached hydrogens (tertiary/aromatic N) is 1. The van der Waals surface area contributed by atoms with E-state index in [1.165, 1.54) is 4.31 Å². The Morgan fingerprint density at radius 1 is 1.33 bits per heavy atom. The molecule has 2 N–H and O–H groups in total. The number of hydrogen-bond donors (Lipinski definition) is 2. The Bertz CT molecular complexity index is 416. The molecular weight excluding hydrogens is 296 g/mol. The van der Waals surface area contributed by atoms with Crippen LogP contribution in [0.1, 0.15) is 33.1 Å². The predicted octanol–water partition coefficient (Wildman–Crippen LogP) is 0.680. The van der Waals surface area contributed by atoms with Gasteiger partial charge in [0.15, 0.2) is 0 Å². The molecule has 1 heterocycles. The summed E-state index contributed by atoms with van der Waals surface area (Å²) in [5.41, 5.74) is 0. The number of carboxylic acids is 1. The number of ether oxygens (including phenoxy) is 1. The first-order valence-corrected chi connectivity index (χ1v) is 8.82. The molecule has 1 fully saturated rings. The van der Waals surface area contributed by atoms with Gasteiger partial charge in [-0.15, -0.1) is 0 Å². The highest BCUT2D eigenvalue weighted by Gasteiger charge is 2.30. The molecule has 21 heavy (non-hydrogen) atoms. The number of aliphatic carboxylic acids is 1. The normalized spacial score (nSPS) is 18.2. The molecule has 1 aliphatic rings. The molecular formula is C13H26N2O5S. The van der Waals surface area contributed by atoms with Crippen LogP contribution in [-0.4, -0.2) is 56.6 Å². The zero-order valence-corrected chi connectivity index (χ0v) is 13.6. The molecule has 0 amide bonds. The molecule has 1 aliphatic heterocycles. The first kappa shape index (κ1) is 18.3. The highest BCUT2D eigenvalue weighted by molar-refractivity contribution is 7.87. The smallest absolute Gasteiger partial charge is 0.306 e. The molecule has 0 unspecified atom stereocenters. The molecule has 1 saturated heterocycles. The summed E-state index contributed by atoms with van der Waals surface area (Å²) in [6.45, 7) is 5.92. The molecule has 7 nitrogen and oxygen atoms in total. The Morgan fingerprint density at radius 3 is 2.48 bits per heavy atom. The molecule has 1 rings (SSSR count). The van der Waals surface area contributed by atoms with Gasteiger partial charge in [-0.2, -0.15) is 17.4 Å². The molecule has 0 bridgehead atoms.